The summed E-state index contributed by atoms with van der Waals surface area (Å²) in [6, 6.07) is 8.07. The van der Waals surface area contributed by atoms with Crippen LogP contribution in [0.3, 0.4) is 0 Å². The lowest BCUT2D eigenvalue weighted by atomic mass is 9.99. The molecule has 21 heavy (non-hydrogen) atoms. The van der Waals surface area contributed by atoms with Gasteiger partial charge in [0.15, 0.2) is 0 Å². The molecular formula is C17H27NO3. The Kier molecular flexibility index (Phi) is 6.69. The third kappa shape index (κ3) is 5.05. The van der Waals surface area contributed by atoms with Crippen molar-refractivity contribution in [3.8, 4) is 5.75 Å². The van der Waals surface area contributed by atoms with Crippen LogP contribution < -0.4 is 10.1 Å². The van der Waals surface area contributed by atoms with Gasteiger partial charge in [-0.25, -0.2) is 0 Å². The van der Waals surface area contributed by atoms with Crippen LogP contribution in [-0.4, -0.2) is 31.8 Å². The molecule has 0 saturated carbocycles. The number of hydrogen-bond donors (Lipinski definition) is 1. The Morgan fingerprint density at radius 2 is 2.10 bits per heavy atom. The van der Waals surface area contributed by atoms with Gasteiger partial charge in [-0.15, -0.1) is 0 Å². The first-order valence-corrected chi connectivity index (χ1v) is 7.52. The van der Waals surface area contributed by atoms with E-state index in [4.69, 9.17) is 9.47 Å². The van der Waals surface area contributed by atoms with E-state index in [0.717, 1.165) is 5.75 Å². The van der Waals surface area contributed by atoms with Crippen LogP contribution in [0.25, 0.3) is 0 Å². The Hall–Kier alpha value is -1.55. The van der Waals surface area contributed by atoms with Gasteiger partial charge in [0.1, 0.15) is 11.3 Å². The van der Waals surface area contributed by atoms with Gasteiger partial charge >= 0.3 is 5.97 Å². The van der Waals surface area contributed by atoms with Crippen LogP contribution in [-0.2, 0) is 9.53 Å². The van der Waals surface area contributed by atoms with Crippen LogP contribution in [0.2, 0.25) is 0 Å². The molecule has 0 bridgehead atoms. The van der Waals surface area contributed by atoms with Crippen molar-refractivity contribution in [3.05, 3.63) is 29.8 Å². The summed E-state index contributed by atoms with van der Waals surface area (Å²) in [5.41, 5.74) is 0.528. The van der Waals surface area contributed by atoms with Crippen molar-refractivity contribution in [3.63, 3.8) is 0 Å². The molecule has 0 aliphatic carbocycles. The molecule has 0 amide bonds. The van der Waals surface area contributed by atoms with Crippen molar-refractivity contribution in [1.82, 2.24) is 5.32 Å². The fourth-order valence-corrected chi connectivity index (χ4v) is 1.96. The van der Waals surface area contributed by atoms with Gasteiger partial charge < -0.3 is 14.8 Å². The molecule has 0 aliphatic heterocycles. The lowest BCUT2D eigenvalue weighted by Gasteiger charge is -2.26. The molecule has 0 saturated heterocycles. The van der Waals surface area contributed by atoms with Crippen molar-refractivity contribution in [2.75, 3.05) is 20.3 Å². The molecule has 1 rings (SSSR count). The lowest BCUT2D eigenvalue weighted by Crippen LogP contribution is -2.49. The summed E-state index contributed by atoms with van der Waals surface area (Å²) in [5, 5.41) is 3.02. The lowest BCUT2D eigenvalue weighted by molar-refractivity contribution is -0.150. The fourth-order valence-electron chi connectivity index (χ4n) is 1.96. The zero-order chi connectivity index (χ0) is 15.9. The number of carbonyl (C=O) groups excluding carboxylic acids is 1. The van der Waals surface area contributed by atoms with Gasteiger partial charge in [0.25, 0.3) is 0 Å². The fraction of sp³-hybridized carbons (Fsp3) is 0.588. The average molecular weight is 293 g/mol. The highest BCUT2D eigenvalue weighted by molar-refractivity contribution is 5.80. The summed E-state index contributed by atoms with van der Waals surface area (Å²) < 4.78 is 10.9. The van der Waals surface area contributed by atoms with Crippen LogP contribution in [0, 0.1) is 0 Å². The van der Waals surface area contributed by atoms with Crippen molar-refractivity contribution in [2.45, 2.75) is 45.6 Å². The van der Waals surface area contributed by atoms with Crippen LogP contribution >= 0.6 is 0 Å². The highest BCUT2D eigenvalue weighted by Crippen LogP contribution is 2.21. The third-order valence-corrected chi connectivity index (χ3v) is 3.67. The van der Waals surface area contributed by atoms with E-state index in [1.807, 2.05) is 32.0 Å². The molecule has 0 heterocycles. The largest absolute Gasteiger partial charge is 0.493 e. The number of ether oxygens (including phenoxy) is 2. The summed E-state index contributed by atoms with van der Waals surface area (Å²) in [7, 11) is 1.76. The zero-order valence-electron chi connectivity index (χ0n) is 13.7. The van der Waals surface area contributed by atoms with E-state index in [-0.39, 0.29) is 5.97 Å². The summed E-state index contributed by atoms with van der Waals surface area (Å²) in [4.78, 5) is 11.9. The highest BCUT2D eigenvalue weighted by atomic mass is 16.5. The van der Waals surface area contributed by atoms with Crippen LogP contribution in [0.5, 0.6) is 5.75 Å². The number of esters is 1. The van der Waals surface area contributed by atoms with Gasteiger partial charge in [-0.1, -0.05) is 26.0 Å². The monoisotopic (exact) mass is 293 g/mol. The molecule has 0 fully saturated rings. The highest BCUT2D eigenvalue weighted by Gasteiger charge is 2.32. The molecule has 0 spiro atoms. The van der Waals surface area contributed by atoms with Crippen molar-refractivity contribution in [2.24, 2.45) is 0 Å². The summed E-state index contributed by atoms with van der Waals surface area (Å²) in [5.74, 6) is 1.06. The molecule has 0 radical (unpaired) electrons. The minimum absolute atomic E-state index is 0.243. The van der Waals surface area contributed by atoms with Crippen molar-refractivity contribution in [1.29, 1.82) is 0 Å². The molecule has 118 valence electrons. The number of likely N-dealkylation sites (N-methyl/N-ethyl adjacent to an activating group) is 1. The topological polar surface area (TPSA) is 47.6 Å². The quantitative estimate of drug-likeness (QED) is 0.748. The van der Waals surface area contributed by atoms with Gasteiger partial charge in [-0.2, -0.15) is 0 Å². The van der Waals surface area contributed by atoms with E-state index in [2.05, 4.69) is 25.2 Å². The van der Waals surface area contributed by atoms with Crippen LogP contribution in [0.1, 0.15) is 45.6 Å². The number of nitrogens with one attached hydrogen (secondary N) is 1. The number of hydrogen-bond acceptors (Lipinski definition) is 4. The van der Waals surface area contributed by atoms with E-state index in [9.17, 15) is 4.79 Å². The molecule has 1 unspecified atom stereocenters. The maximum absolute atomic E-state index is 11.9. The van der Waals surface area contributed by atoms with E-state index < -0.39 is 5.54 Å². The maximum atomic E-state index is 11.9. The molecule has 1 aromatic carbocycles. The number of carbonyl (C=O) groups is 1. The number of rotatable bonds is 8. The Labute approximate surface area is 127 Å². The molecule has 4 nitrogen and oxygen atoms in total. The van der Waals surface area contributed by atoms with E-state index in [0.29, 0.717) is 25.6 Å². The molecule has 1 N–H and O–H groups in total. The molecular weight excluding hydrogens is 266 g/mol. The predicted octanol–water partition coefficient (Wildman–Crippen LogP) is 3.12. The second kappa shape index (κ2) is 8.03. The van der Waals surface area contributed by atoms with Gasteiger partial charge in [-0.05, 0) is 44.5 Å². The van der Waals surface area contributed by atoms with Gasteiger partial charge in [0, 0.05) is 6.42 Å². The van der Waals surface area contributed by atoms with E-state index >= 15 is 0 Å². The van der Waals surface area contributed by atoms with Crippen LogP contribution in [0.15, 0.2) is 24.3 Å². The van der Waals surface area contributed by atoms with E-state index in [1.165, 1.54) is 5.56 Å². The minimum Gasteiger partial charge on any atom is -0.493 e. The minimum atomic E-state index is -0.717. The Morgan fingerprint density at radius 3 is 2.67 bits per heavy atom. The summed E-state index contributed by atoms with van der Waals surface area (Å²) >= 11 is 0. The first-order chi connectivity index (χ1) is 9.92. The Balaban J connectivity index is 2.59. The van der Waals surface area contributed by atoms with Gasteiger partial charge in [0.2, 0.25) is 0 Å². The first-order valence-electron chi connectivity index (χ1n) is 7.52. The van der Waals surface area contributed by atoms with Crippen molar-refractivity contribution >= 4 is 5.97 Å². The van der Waals surface area contributed by atoms with Crippen molar-refractivity contribution < 1.29 is 14.3 Å². The predicted molar refractivity (Wildman–Crippen MR) is 84.7 cm³/mol. The molecule has 0 aliphatic rings. The second-order valence-corrected chi connectivity index (χ2v) is 5.63. The normalized spacial score (nSPS) is 13.8. The second-order valence-electron chi connectivity index (χ2n) is 5.63. The Morgan fingerprint density at radius 1 is 1.38 bits per heavy atom. The zero-order valence-corrected chi connectivity index (χ0v) is 13.7. The third-order valence-electron chi connectivity index (χ3n) is 3.67. The molecule has 1 aromatic rings. The SMILES string of the molecule is CCOC(=O)C(C)(CCOc1cccc(C(C)C)c1)NC. The summed E-state index contributed by atoms with van der Waals surface area (Å²) in [6.45, 7) is 8.78. The van der Waals surface area contributed by atoms with Gasteiger partial charge in [0.05, 0.1) is 13.2 Å². The van der Waals surface area contributed by atoms with E-state index in [1.54, 1.807) is 7.05 Å². The standard InChI is InChI=1S/C17H27NO3/c1-6-20-16(19)17(4,18-5)10-11-21-15-9-7-8-14(12-15)13(2)3/h7-9,12-13,18H,6,10-11H2,1-5H3. The smallest absolute Gasteiger partial charge is 0.326 e. The average Bonchev–Trinajstić information content (AvgIpc) is 2.47. The first kappa shape index (κ1) is 17.5. The number of benzene rings is 1. The van der Waals surface area contributed by atoms with Gasteiger partial charge in [-0.3, -0.25) is 4.79 Å². The molecule has 0 aromatic heterocycles. The molecule has 4 heteroatoms. The van der Waals surface area contributed by atoms with Crippen LogP contribution in [0.4, 0.5) is 0 Å². The summed E-state index contributed by atoms with van der Waals surface area (Å²) in [6.07, 6.45) is 0.550. The Bertz CT molecular complexity index is 459. The molecule has 1 atom stereocenters. The maximum Gasteiger partial charge on any atom is 0.326 e.